The predicted molar refractivity (Wildman–Crippen MR) is 42.9 cm³/mol. The van der Waals surface area contributed by atoms with E-state index >= 15 is 0 Å². The Morgan fingerprint density at radius 2 is 1.92 bits per heavy atom. The lowest BCUT2D eigenvalue weighted by Gasteiger charge is -1.98. The van der Waals surface area contributed by atoms with E-state index in [1.165, 1.54) is 18.2 Å². The molecule has 65 valence electrons. The Balaban J connectivity index is 2.98. The van der Waals surface area contributed by atoms with Crippen molar-refractivity contribution < 1.29 is 12.8 Å². The molecule has 0 bridgehead atoms. The van der Waals surface area contributed by atoms with Crippen molar-refractivity contribution in [2.24, 2.45) is 5.14 Å². The van der Waals surface area contributed by atoms with E-state index in [1.54, 1.807) is 0 Å². The Morgan fingerprint density at radius 3 is 2.42 bits per heavy atom. The van der Waals surface area contributed by atoms with Gasteiger partial charge in [-0.1, -0.05) is 18.2 Å². The van der Waals surface area contributed by atoms with Crippen LogP contribution < -0.4 is 5.14 Å². The number of primary sulfonamides is 1. The van der Waals surface area contributed by atoms with E-state index in [1.807, 2.05) is 0 Å². The van der Waals surface area contributed by atoms with Crippen LogP contribution in [-0.2, 0) is 10.0 Å². The van der Waals surface area contributed by atoms with Gasteiger partial charge in [0, 0.05) is 5.56 Å². The molecule has 0 aromatic heterocycles. The molecular formula is C7H7FNO2S. The summed E-state index contributed by atoms with van der Waals surface area (Å²) < 4.78 is 33.8. The van der Waals surface area contributed by atoms with Gasteiger partial charge in [-0.15, -0.1) is 0 Å². The maximum Gasteiger partial charge on any atom is 0.217 e. The van der Waals surface area contributed by atoms with Crippen molar-refractivity contribution in [2.45, 2.75) is 0 Å². The second-order valence-electron chi connectivity index (χ2n) is 2.23. The first-order valence-corrected chi connectivity index (χ1v) is 4.72. The first-order valence-electron chi connectivity index (χ1n) is 3.11. The highest BCUT2D eigenvalue weighted by molar-refractivity contribution is 7.91. The van der Waals surface area contributed by atoms with Gasteiger partial charge < -0.3 is 0 Å². The van der Waals surface area contributed by atoms with Crippen LogP contribution in [0.4, 0.5) is 4.39 Å². The van der Waals surface area contributed by atoms with E-state index in [4.69, 9.17) is 0 Å². The molecule has 12 heavy (non-hydrogen) atoms. The second-order valence-corrected chi connectivity index (χ2v) is 3.64. The summed E-state index contributed by atoms with van der Waals surface area (Å²) in [4.78, 5) is 0. The molecule has 0 atom stereocenters. The standard InChI is InChI=1S/C7H7FNO2S/c8-7-4-2-1-3-6(7)5-12(9,10)11/h1-5H,(H2,9,10,11). The number of benzene rings is 1. The number of sulfonamides is 1. The highest BCUT2D eigenvalue weighted by Crippen LogP contribution is 2.10. The third-order valence-corrected chi connectivity index (χ3v) is 1.78. The molecule has 3 nitrogen and oxygen atoms in total. The highest BCUT2D eigenvalue weighted by Gasteiger charge is 2.09. The van der Waals surface area contributed by atoms with Crippen LogP contribution in [0.15, 0.2) is 24.3 Å². The molecule has 2 N–H and O–H groups in total. The summed E-state index contributed by atoms with van der Waals surface area (Å²) in [5.74, 6) is 0.0778. The lowest BCUT2D eigenvalue weighted by Crippen LogP contribution is -2.13. The van der Waals surface area contributed by atoms with E-state index in [9.17, 15) is 12.8 Å². The molecule has 0 aliphatic carbocycles. The number of rotatable bonds is 2. The number of nitrogens with two attached hydrogens (primary N) is 1. The second kappa shape index (κ2) is 3.20. The van der Waals surface area contributed by atoms with Crippen LogP contribution in [0.2, 0.25) is 0 Å². The summed E-state index contributed by atoms with van der Waals surface area (Å²) in [5, 5.41) is 4.69. The molecule has 0 aliphatic rings. The Bertz CT molecular complexity index is 375. The molecule has 1 aromatic carbocycles. The van der Waals surface area contributed by atoms with Crippen molar-refractivity contribution in [2.75, 3.05) is 0 Å². The van der Waals surface area contributed by atoms with Crippen LogP contribution >= 0.6 is 0 Å². The van der Waals surface area contributed by atoms with Crippen LogP contribution in [0.3, 0.4) is 0 Å². The third-order valence-electron chi connectivity index (χ3n) is 1.20. The smallest absolute Gasteiger partial charge is 0.217 e. The van der Waals surface area contributed by atoms with E-state index in [0.717, 1.165) is 6.07 Å². The van der Waals surface area contributed by atoms with Gasteiger partial charge in [0.2, 0.25) is 10.0 Å². The summed E-state index contributed by atoms with van der Waals surface area (Å²) in [5.41, 5.74) is -0.0278. The molecule has 0 spiro atoms. The van der Waals surface area contributed by atoms with Crippen molar-refractivity contribution in [3.8, 4) is 0 Å². The van der Waals surface area contributed by atoms with Gasteiger partial charge in [0.1, 0.15) is 11.6 Å². The average molecular weight is 188 g/mol. The van der Waals surface area contributed by atoms with Gasteiger partial charge >= 0.3 is 0 Å². The molecule has 0 saturated carbocycles. The number of halogens is 1. The molecule has 1 radical (unpaired) electrons. The minimum Gasteiger partial charge on any atom is -0.228 e. The Labute approximate surface area is 70.1 Å². The fourth-order valence-corrected chi connectivity index (χ4v) is 1.29. The Hall–Kier alpha value is -0.940. The highest BCUT2D eigenvalue weighted by atomic mass is 32.2. The average Bonchev–Trinajstić information content (AvgIpc) is 1.91. The molecule has 1 rings (SSSR count). The van der Waals surface area contributed by atoms with Gasteiger partial charge in [0.15, 0.2) is 0 Å². The summed E-state index contributed by atoms with van der Waals surface area (Å²) in [6.45, 7) is 0. The van der Waals surface area contributed by atoms with Crippen molar-refractivity contribution in [1.82, 2.24) is 0 Å². The summed E-state index contributed by atoms with van der Waals surface area (Å²) in [7, 11) is -3.76. The van der Waals surface area contributed by atoms with Crippen molar-refractivity contribution >= 4 is 10.0 Å². The minimum atomic E-state index is -3.76. The SMILES string of the molecule is NS(=O)(=O)[CH]c1ccccc1F. The van der Waals surface area contributed by atoms with Crippen molar-refractivity contribution in [3.63, 3.8) is 0 Å². The number of hydrogen-bond acceptors (Lipinski definition) is 2. The van der Waals surface area contributed by atoms with Crippen LogP contribution in [0.5, 0.6) is 0 Å². The fraction of sp³-hybridized carbons (Fsp3) is 0. The normalized spacial score (nSPS) is 11.5. The first-order chi connectivity index (χ1) is 5.49. The Morgan fingerprint density at radius 1 is 1.33 bits per heavy atom. The van der Waals surface area contributed by atoms with Crippen molar-refractivity contribution in [1.29, 1.82) is 0 Å². The molecule has 0 heterocycles. The topological polar surface area (TPSA) is 60.2 Å². The molecule has 0 amide bonds. The molecule has 0 aliphatic heterocycles. The summed E-state index contributed by atoms with van der Waals surface area (Å²) in [6, 6.07) is 5.49. The lowest BCUT2D eigenvalue weighted by molar-refractivity contribution is 0.599. The van der Waals surface area contributed by atoms with Crippen LogP contribution in [0.25, 0.3) is 0 Å². The third kappa shape index (κ3) is 2.60. The van der Waals surface area contributed by atoms with Gasteiger partial charge in [0.05, 0.1) is 0 Å². The van der Waals surface area contributed by atoms with Crippen LogP contribution in [-0.4, -0.2) is 8.42 Å². The van der Waals surface area contributed by atoms with E-state index in [0.29, 0.717) is 5.75 Å². The van der Waals surface area contributed by atoms with Gasteiger partial charge in [-0.05, 0) is 6.07 Å². The van der Waals surface area contributed by atoms with E-state index < -0.39 is 15.8 Å². The summed E-state index contributed by atoms with van der Waals surface area (Å²) in [6.07, 6.45) is 0. The van der Waals surface area contributed by atoms with Crippen LogP contribution in [0, 0.1) is 11.6 Å². The molecule has 0 saturated heterocycles. The van der Waals surface area contributed by atoms with E-state index in [2.05, 4.69) is 5.14 Å². The quantitative estimate of drug-likeness (QED) is 0.739. The first kappa shape index (κ1) is 9.15. The van der Waals surface area contributed by atoms with E-state index in [-0.39, 0.29) is 5.56 Å². The van der Waals surface area contributed by atoms with Gasteiger partial charge in [0.25, 0.3) is 0 Å². The van der Waals surface area contributed by atoms with Gasteiger partial charge in [-0.25, -0.2) is 17.9 Å². The van der Waals surface area contributed by atoms with Crippen molar-refractivity contribution in [3.05, 3.63) is 41.4 Å². The van der Waals surface area contributed by atoms with Crippen LogP contribution in [0.1, 0.15) is 5.56 Å². The van der Waals surface area contributed by atoms with Gasteiger partial charge in [-0.3, -0.25) is 0 Å². The summed E-state index contributed by atoms with van der Waals surface area (Å²) >= 11 is 0. The number of hydrogen-bond donors (Lipinski definition) is 1. The zero-order valence-electron chi connectivity index (χ0n) is 6.07. The minimum absolute atomic E-state index is 0.0278. The maximum absolute atomic E-state index is 12.8. The predicted octanol–water partition coefficient (Wildman–Crippen LogP) is 0.624. The zero-order valence-corrected chi connectivity index (χ0v) is 6.88. The van der Waals surface area contributed by atoms with Gasteiger partial charge in [-0.2, -0.15) is 0 Å². The Kier molecular flexibility index (Phi) is 2.44. The fourth-order valence-electron chi connectivity index (χ4n) is 0.748. The molecule has 1 aromatic rings. The zero-order chi connectivity index (χ0) is 9.19. The molecule has 5 heteroatoms. The molecular weight excluding hydrogens is 181 g/mol. The molecule has 0 unspecified atom stereocenters. The monoisotopic (exact) mass is 188 g/mol. The molecule has 0 fully saturated rings. The lowest BCUT2D eigenvalue weighted by atomic mass is 10.2. The largest absolute Gasteiger partial charge is 0.228 e. The maximum atomic E-state index is 12.8.